The monoisotopic (exact) mass is 460 g/mol. The molecule has 0 atom stereocenters. The van der Waals surface area contributed by atoms with Crippen molar-refractivity contribution in [2.45, 2.75) is 20.8 Å². The second-order valence-corrected chi connectivity index (χ2v) is 8.65. The summed E-state index contributed by atoms with van der Waals surface area (Å²) in [7, 11) is 0. The average Bonchev–Trinajstić information content (AvgIpc) is 3.27. The van der Waals surface area contributed by atoms with Crippen molar-refractivity contribution in [2.75, 3.05) is 31.1 Å². The van der Waals surface area contributed by atoms with E-state index >= 15 is 0 Å². The van der Waals surface area contributed by atoms with Crippen molar-refractivity contribution in [3.8, 4) is 5.82 Å². The van der Waals surface area contributed by atoms with Crippen molar-refractivity contribution < 1.29 is 4.79 Å². The number of thiophene rings is 1. The van der Waals surface area contributed by atoms with Crippen molar-refractivity contribution in [3.63, 3.8) is 0 Å². The summed E-state index contributed by atoms with van der Waals surface area (Å²) in [6.07, 6.45) is 1.80. The maximum atomic E-state index is 12.7. The highest BCUT2D eigenvalue weighted by Crippen LogP contribution is 2.23. The Kier molecular flexibility index (Phi) is 5.20. The number of carbonyl (C=O) groups excluding carboxylic acids is 1. The number of anilines is 1. The predicted octanol–water partition coefficient (Wildman–Crippen LogP) is 3.37. The fourth-order valence-electron chi connectivity index (χ4n) is 3.27. The van der Waals surface area contributed by atoms with Gasteiger partial charge in [-0.2, -0.15) is 0 Å². The van der Waals surface area contributed by atoms with Crippen LogP contribution in [0.5, 0.6) is 0 Å². The predicted molar refractivity (Wildman–Crippen MR) is 114 cm³/mol. The molecule has 0 spiro atoms. The number of hydrogen-bond donors (Lipinski definition) is 0. The molecule has 4 rings (SSSR count). The Morgan fingerprint density at radius 3 is 2.39 bits per heavy atom. The smallest absolute Gasteiger partial charge is 0.264 e. The first-order valence-corrected chi connectivity index (χ1v) is 10.7. The Bertz CT molecular complexity index is 1020. The highest BCUT2D eigenvalue weighted by Gasteiger charge is 2.24. The molecule has 7 nitrogen and oxygen atoms in total. The Morgan fingerprint density at radius 2 is 1.79 bits per heavy atom. The molecule has 3 aromatic heterocycles. The number of aromatic nitrogens is 4. The molecule has 28 heavy (non-hydrogen) atoms. The van der Waals surface area contributed by atoms with E-state index < -0.39 is 0 Å². The lowest BCUT2D eigenvalue weighted by Gasteiger charge is -2.35. The van der Waals surface area contributed by atoms with Gasteiger partial charge in [-0.1, -0.05) is 0 Å². The minimum Gasteiger partial charge on any atom is -0.353 e. The minimum atomic E-state index is 0.0967. The van der Waals surface area contributed by atoms with Crippen molar-refractivity contribution in [1.29, 1.82) is 0 Å². The van der Waals surface area contributed by atoms with Crippen LogP contribution in [-0.4, -0.2) is 56.5 Å². The van der Waals surface area contributed by atoms with E-state index in [9.17, 15) is 4.79 Å². The third-order valence-corrected chi connectivity index (χ3v) is 6.66. The van der Waals surface area contributed by atoms with E-state index in [1.54, 1.807) is 6.33 Å². The lowest BCUT2D eigenvalue weighted by atomic mass is 10.3. The zero-order valence-electron chi connectivity index (χ0n) is 16.0. The first kappa shape index (κ1) is 19.1. The molecule has 0 radical (unpaired) electrons. The molecule has 0 aromatic carbocycles. The topological polar surface area (TPSA) is 67.2 Å². The van der Waals surface area contributed by atoms with Crippen LogP contribution in [0.4, 0.5) is 5.82 Å². The Balaban J connectivity index is 1.50. The van der Waals surface area contributed by atoms with Crippen molar-refractivity contribution in [2.24, 2.45) is 0 Å². The summed E-state index contributed by atoms with van der Waals surface area (Å²) in [4.78, 5) is 31.1. The number of halogens is 1. The third kappa shape index (κ3) is 3.68. The molecule has 1 aliphatic rings. The summed E-state index contributed by atoms with van der Waals surface area (Å²) in [6, 6.07) is 3.88. The molecule has 9 heteroatoms. The van der Waals surface area contributed by atoms with Gasteiger partial charge in [0.2, 0.25) is 0 Å². The van der Waals surface area contributed by atoms with Gasteiger partial charge in [0.25, 0.3) is 5.91 Å². The minimum absolute atomic E-state index is 0.0967. The lowest BCUT2D eigenvalue weighted by molar-refractivity contribution is 0.0751. The number of hydrogen-bond acceptors (Lipinski definition) is 6. The van der Waals surface area contributed by atoms with Gasteiger partial charge in [0.15, 0.2) is 0 Å². The van der Waals surface area contributed by atoms with Gasteiger partial charge in [0, 0.05) is 47.8 Å². The fraction of sp³-hybridized carbons (Fsp3) is 0.368. The number of rotatable bonds is 3. The molecule has 0 aliphatic carbocycles. The second-order valence-electron chi connectivity index (χ2n) is 6.83. The Hall–Kier alpha value is -2.26. The number of imidazole rings is 1. The Labute approximate surface area is 176 Å². The van der Waals surface area contributed by atoms with Gasteiger partial charge in [-0.3, -0.25) is 9.36 Å². The summed E-state index contributed by atoms with van der Waals surface area (Å²) in [5, 5.41) is 1.94. The third-order valence-electron chi connectivity index (χ3n) is 4.98. The Morgan fingerprint density at radius 1 is 1.07 bits per heavy atom. The zero-order valence-corrected chi connectivity index (χ0v) is 18.4. The normalized spacial score (nSPS) is 14.6. The van der Waals surface area contributed by atoms with Crippen LogP contribution < -0.4 is 4.90 Å². The number of nitrogens with zero attached hydrogens (tertiary/aromatic N) is 6. The molecule has 1 aliphatic heterocycles. The van der Waals surface area contributed by atoms with E-state index in [0.717, 1.165) is 51.3 Å². The van der Waals surface area contributed by atoms with E-state index in [1.165, 1.54) is 11.3 Å². The molecule has 4 heterocycles. The van der Waals surface area contributed by atoms with E-state index in [-0.39, 0.29) is 5.91 Å². The maximum absolute atomic E-state index is 12.7. The van der Waals surface area contributed by atoms with Gasteiger partial charge in [0.05, 0.1) is 10.6 Å². The first-order valence-electron chi connectivity index (χ1n) is 9.07. The molecule has 1 amide bonds. The van der Waals surface area contributed by atoms with Crippen LogP contribution >= 0.6 is 27.3 Å². The lowest BCUT2D eigenvalue weighted by Crippen LogP contribution is -2.49. The van der Waals surface area contributed by atoms with Gasteiger partial charge in [-0.15, -0.1) is 11.3 Å². The molecule has 1 saturated heterocycles. The second kappa shape index (κ2) is 7.63. The highest BCUT2D eigenvalue weighted by atomic mass is 79.9. The van der Waals surface area contributed by atoms with E-state index in [0.29, 0.717) is 13.1 Å². The quantitative estimate of drug-likeness (QED) is 0.599. The average molecular weight is 461 g/mol. The molecule has 146 valence electrons. The van der Waals surface area contributed by atoms with Crippen LogP contribution in [0.2, 0.25) is 0 Å². The van der Waals surface area contributed by atoms with E-state index in [2.05, 4.69) is 35.8 Å². The number of aryl methyl sites for hydroxylation is 2. The number of carbonyl (C=O) groups is 1. The fourth-order valence-corrected chi connectivity index (χ4v) is 4.66. The van der Waals surface area contributed by atoms with Gasteiger partial charge < -0.3 is 9.80 Å². The van der Waals surface area contributed by atoms with Crippen LogP contribution in [-0.2, 0) is 0 Å². The van der Waals surface area contributed by atoms with Gasteiger partial charge in [-0.25, -0.2) is 15.0 Å². The van der Waals surface area contributed by atoms with Crippen LogP contribution in [0.15, 0.2) is 28.3 Å². The molecular formula is C19H21BrN6OS. The van der Waals surface area contributed by atoms with Gasteiger partial charge >= 0.3 is 0 Å². The van der Waals surface area contributed by atoms with Crippen LogP contribution in [0.3, 0.4) is 0 Å². The SMILES string of the molecule is Cc1nc(N2CCN(C(=O)c3cc(Br)cs3)CC2)cc(-n2cnc(C)c2C)n1. The van der Waals surface area contributed by atoms with Crippen molar-refractivity contribution in [3.05, 3.63) is 50.4 Å². The molecule has 0 bridgehead atoms. The van der Waals surface area contributed by atoms with Crippen molar-refractivity contribution >= 4 is 39.0 Å². The summed E-state index contributed by atoms with van der Waals surface area (Å²) in [5.41, 5.74) is 2.06. The standard InChI is InChI=1S/C19H21BrN6OS/c1-12-13(2)26(11-21-12)18-9-17(22-14(3)23-18)24-4-6-25(7-5-24)19(27)16-8-15(20)10-28-16/h8-11H,4-7H2,1-3H3. The molecule has 3 aromatic rings. The molecule has 0 unspecified atom stereocenters. The van der Waals surface area contributed by atoms with Gasteiger partial charge in [0.1, 0.15) is 23.8 Å². The van der Waals surface area contributed by atoms with Crippen molar-refractivity contribution in [1.82, 2.24) is 24.4 Å². The summed E-state index contributed by atoms with van der Waals surface area (Å²) in [5.74, 6) is 2.53. The van der Waals surface area contributed by atoms with E-state index in [1.807, 2.05) is 47.8 Å². The van der Waals surface area contributed by atoms with Crippen LogP contribution in [0.1, 0.15) is 26.9 Å². The summed E-state index contributed by atoms with van der Waals surface area (Å²) >= 11 is 4.89. The number of piperazine rings is 1. The maximum Gasteiger partial charge on any atom is 0.264 e. The zero-order chi connectivity index (χ0) is 19.8. The first-order chi connectivity index (χ1) is 13.4. The van der Waals surface area contributed by atoms with E-state index in [4.69, 9.17) is 0 Å². The van der Waals surface area contributed by atoms with Gasteiger partial charge in [-0.05, 0) is 42.8 Å². The molecule has 0 saturated carbocycles. The molecule has 1 fully saturated rings. The highest BCUT2D eigenvalue weighted by molar-refractivity contribution is 9.10. The number of amides is 1. The van der Waals surface area contributed by atoms with Crippen LogP contribution in [0, 0.1) is 20.8 Å². The largest absolute Gasteiger partial charge is 0.353 e. The summed E-state index contributed by atoms with van der Waals surface area (Å²) < 4.78 is 2.94. The van der Waals surface area contributed by atoms with Crippen LogP contribution in [0.25, 0.3) is 5.82 Å². The molecular weight excluding hydrogens is 440 g/mol. The summed E-state index contributed by atoms with van der Waals surface area (Å²) in [6.45, 7) is 8.77. The molecule has 0 N–H and O–H groups in total.